The van der Waals surface area contributed by atoms with Gasteiger partial charge >= 0.3 is 0 Å². The molecule has 0 N–H and O–H groups in total. The first-order chi connectivity index (χ1) is 7.72. The van der Waals surface area contributed by atoms with Gasteiger partial charge in [0.1, 0.15) is 5.82 Å². The molecule has 0 atom stereocenters. The highest BCUT2D eigenvalue weighted by Crippen LogP contribution is 2.19. The van der Waals surface area contributed by atoms with Crippen molar-refractivity contribution in [3.05, 3.63) is 41.6 Å². The van der Waals surface area contributed by atoms with E-state index in [4.69, 9.17) is 11.6 Å². The molecule has 2 heterocycles. The molecule has 0 fully saturated rings. The van der Waals surface area contributed by atoms with E-state index in [0.29, 0.717) is 11.2 Å². The van der Waals surface area contributed by atoms with Crippen molar-refractivity contribution in [2.75, 3.05) is 0 Å². The van der Waals surface area contributed by atoms with Crippen molar-refractivity contribution in [2.24, 2.45) is 0 Å². The fourth-order valence-corrected chi connectivity index (χ4v) is 1.70. The molecule has 78 valence electrons. The summed E-state index contributed by atoms with van der Waals surface area (Å²) in [5.74, 6) is -0.320. The number of rotatable bonds is 0. The Hall–Kier alpha value is -1.81. The smallest absolute Gasteiger partial charge is 0.224 e. The Bertz CT molecular complexity index is 642. The molecule has 3 nitrogen and oxygen atoms in total. The summed E-state index contributed by atoms with van der Waals surface area (Å²) in [7, 11) is 0. The Morgan fingerprint density at radius 1 is 1.06 bits per heavy atom. The minimum absolute atomic E-state index is 0.135. The zero-order valence-electron chi connectivity index (χ0n) is 7.98. The number of halogens is 2. The van der Waals surface area contributed by atoms with Gasteiger partial charge in [0.2, 0.25) is 5.28 Å². The second-order valence-corrected chi connectivity index (χ2v) is 3.72. The van der Waals surface area contributed by atoms with Gasteiger partial charge in [-0.3, -0.25) is 0 Å². The largest absolute Gasteiger partial charge is 0.228 e. The third-order valence-corrected chi connectivity index (χ3v) is 2.48. The van der Waals surface area contributed by atoms with Crippen molar-refractivity contribution < 1.29 is 4.39 Å². The van der Waals surface area contributed by atoms with E-state index in [1.54, 1.807) is 12.3 Å². The Balaban J connectivity index is 2.44. The van der Waals surface area contributed by atoms with Crippen molar-refractivity contribution in [1.82, 2.24) is 15.0 Å². The van der Waals surface area contributed by atoms with Gasteiger partial charge in [-0.1, -0.05) is 0 Å². The Morgan fingerprint density at radius 2 is 1.94 bits per heavy atom. The lowest BCUT2D eigenvalue weighted by molar-refractivity contribution is 0.629. The lowest BCUT2D eigenvalue weighted by Crippen LogP contribution is -1.89. The van der Waals surface area contributed by atoms with Crippen molar-refractivity contribution in [1.29, 1.82) is 0 Å². The minimum Gasteiger partial charge on any atom is -0.228 e. The third kappa shape index (κ3) is 1.47. The maximum absolute atomic E-state index is 13.0. The van der Waals surface area contributed by atoms with E-state index in [1.807, 2.05) is 6.07 Å². The molecule has 0 aliphatic heterocycles. The maximum Gasteiger partial charge on any atom is 0.224 e. The Morgan fingerprint density at radius 3 is 2.81 bits per heavy atom. The first-order valence-corrected chi connectivity index (χ1v) is 4.99. The molecule has 16 heavy (non-hydrogen) atoms. The van der Waals surface area contributed by atoms with Gasteiger partial charge in [-0.15, -0.1) is 0 Å². The van der Waals surface area contributed by atoms with E-state index < -0.39 is 0 Å². The van der Waals surface area contributed by atoms with E-state index in [1.165, 1.54) is 12.1 Å². The first-order valence-electron chi connectivity index (χ1n) is 4.61. The zero-order valence-corrected chi connectivity index (χ0v) is 8.74. The predicted octanol–water partition coefficient (Wildman–Crippen LogP) is 2.97. The molecular weight excluding hydrogens is 229 g/mol. The third-order valence-electron chi connectivity index (χ3n) is 2.30. The quantitative estimate of drug-likeness (QED) is 0.443. The van der Waals surface area contributed by atoms with Crippen LogP contribution in [0.5, 0.6) is 0 Å². The lowest BCUT2D eigenvalue weighted by atomic mass is 10.2. The molecule has 0 unspecified atom stereocenters. The second kappa shape index (κ2) is 3.35. The van der Waals surface area contributed by atoms with Crippen LogP contribution in [0.15, 0.2) is 30.5 Å². The summed E-state index contributed by atoms with van der Waals surface area (Å²) in [6.07, 6.45) is 1.60. The number of fused-ring (bicyclic) bond motifs is 2. The van der Waals surface area contributed by atoms with Crippen LogP contribution in [0.4, 0.5) is 4.39 Å². The fourth-order valence-electron chi connectivity index (χ4n) is 1.57. The molecule has 5 heteroatoms. The van der Waals surface area contributed by atoms with Gasteiger partial charge in [0.25, 0.3) is 0 Å². The van der Waals surface area contributed by atoms with Crippen LogP contribution in [0.1, 0.15) is 0 Å². The molecular formula is C11H5ClFN3. The number of nitrogens with zero attached hydrogens (tertiary/aromatic N) is 3. The molecule has 2 aromatic heterocycles. The maximum atomic E-state index is 13.0. The highest BCUT2D eigenvalue weighted by molar-refractivity contribution is 6.28. The van der Waals surface area contributed by atoms with Crippen LogP contribution in [0.3, 0.4) is 0 Å². The van der Waals surface area contributed by atoms with Gasteiger partial charge in [-0.25, -0.2) is 14.4 Å². The van der Waals surface area contributed by atoms with Gasteiger partial charge in [0, 0.05) is 23.0 Å². The van der Waals surface area contributed by atoms with Crippen LogP contribution in [-0.4, -0.2) is 15.0 Å². The van der Waals surface area contributed by atoms with Crippen LogP contribution < -0.4 is 0 Å². The molecule has 0 aliphatic rings. The summed E-state index contributed by atoms with van der Waals surface area (Å²) in [4.78, 5) is 12.1. The summed E-state index contributed by atoms with van der Waals surface area (Å²) in [6, 6.07) is 6.29. The van der Waals surface area contributed by atoms with Crippen molar-refractivity contribution >= 4 is 33.5 Å². The molecule has 0 saturated heterocycles. The summed E-state index contributed by atoms with van der Waals surface area (Å²) in [5.41, 5.74) is 1.03. The molecule has 0 radical (unpaired) electrons. The van der Waals surface area contributed by atoms with E-state index in [2.05, 4.69) is 15.0 Å². The average molecular weight is 234 g/mol. The Labute approximate surface area is 94.9 Å². The second-order valence-electron chi connectivity index (χ2n) is 3.38. The molecule has 0 spiro atoms. The van der Waals surface area contributed by atoms with Crippen LogP contribution in [0.25, 0.3) is 21.9 Å². The predicted molar refractivity (Wildman–Crippen MR) is 59.8 cm³/mol. The Kier molecular flexibility index (Phi) is 1.97. The fraction of sp³-hybridized carbons (Fsp3) is 0. The average Bonchev–Trinajstić information content (AvgIpc) is 2.26. The van der Waals surface area contributed by atoms with Crippen molar-refractivity contribution in [3.63, 3.8) is 0 Å². The SMILES string of the molecule is Fc1ccc2cc3cnc(Cl)nc3nc2c1. The van der Waals surface area contributed by atoms with Crippen LogP contribution in [0.2, 0.25) is 5.28 Å². The highest BCUT2D eigenvalue weighted by atomic mass is 35.5. The number of hydrogen-bond donors (Lipinski definition) is 0. The van der Waals surface area contributed by atoms with Gasteiger partial charge in [0.05, 0.1) is 5.52 Å². The van der Waals surface area contributed by atoms with Gasteiger partial charge in [0.15, 0.2) is 5.65 Å². The standard InChI is InChI=1S/C11H5ClFN3/c12-11-14-5-7-3-6-1-2-8(13)4-9(6)15-10(7)16-11/h1-5H. The molecule has 1 aromatic carbocycles. The topological polar surface area (TPSA) is 38.7 Å². The number of benzene rings is 1. The number of aromatic nitrogens is 3. The monoisotopic (exact) mass is 233 g/mol. The molecule has 3 rings (SSSR count). The normalized spacial score (nSPS) is 11.1. The first kappa shape index (κ1) is 9.42. The summed E-state index contributed by atoms with van der Waals surface area (Å²) in [6.45, 7) is 0. The van der Waals surface area contributed by atoms with E-state index >= 15 is 0 Å². The molecule has 0 aliphatic carbocycles. The van der Waals surface area contributed by atoms with Crippen molar-refractivity contribution in [3.8, 4) is 0 Å². The molecule has 0 bridgehead atoms. The van der Waals surface area contributed by atoms with Crippen LogP contribution in [0, 0.1) is 5.82 Å². The summed E-state index contributed by atoms with van der Waals surface area (Å²) in [5, 5.41) is 1.76. The molecule has 3 aromatic rings. The van der Waals surface area contributed by atoms with Gasteiger partial charge in [-0.2, -0.15) is 4.98 Å². The lowest BCUT2D eigenvalue weighted by Gasteiger charge is -2.00. The van der Waals surface area contributed by atoms with E-state index in [-0.39, 0.29) is 11.1 Å². The number of hydrogen-bond acceptors (Lipinski definition) is 3. The van der Waals surface area contributed by atoms with Crippen LogP contribution in [-0.2, 0) is 0 Å². The van der Waals surface area contributed by atoms with Gasteiger partial charge in [-0.05, 0) is 29.8 Å². The minimum atomic E-state index is -0.320. The molecule has 0 amide bonds. The van der Waals surface area contributed by atoms with Crippen molar-refractivity contribution in [2.45, 2.75) is 0 Å². The number of pyridine rings is 1. The van der Waals surface area contributed by atoms with Gasteiger partial charge < -0.3 is 0 Å². The van der Waals surface area contributed by atoms with Crippen LogP contribution >= 0.6 is 11.6 Å². The highest BCUT2D eigenvalue weighted by Gasteiger charge is 2.03. The van der Waals surface area contributed by atoms with E-state index in [9.17, 15) is 4.39 Å². The summed E-state index contributed by atoms with van der Waals surface area (Å²) >= 11 is 5.66. The van der Waals surface area contributed by atoms with E-state index in [0.717, 1.165) is 10.8 Å². The summed E-state index contributed by atoms with van der Waals surface area (Å²) < 4.78 is 13.0. The zero-order chi connectivity index (χ0) is 11.1. The molecule has 0 saturated carbocycles.